The van der Waals surface area contributed by atoms with Crippen LogP contribution in [0, 0.1) is 0 Å². The number of rotatable bonds is 4. The summed E-state index contributed by atoms with van der Waals surface area (Å²) < 4.78 is 0. The quantitative estimate of drug-likeness (QED) is 0.637. The van der Waals surface area contributed by atoms with E-state index in [1.54, 1.807) is 0 Å². The molecule has 1 aromatic carbocycles. The summed E-state index contributed by atoms with van der Waals surface area (Å²) in [6.45, 7) is 7.93. The van der Waals surface area contributed by atoms with E-state index in [1.165, 1.54) is 16.7 Å². The van der Waals surface area contributed by atoms with Crippen LogP contribution in [0.4, 0.5) is 0 Å². The second-order valence-corrected chi connectivity index (χ2v) is 4.41. The van der Waals surface area contributed by atoms with Gasteiger partial charge in [0.25, 0.3) is 0 Å². The highest BCUT2D eigenvalue weighted by atomic mass is 14.1. The predicted octanol–water partition coefficient (Wildman–Crippen LogP) is 5.09. The Bertz CT molecular complexity index is 524. The van der Waals surface area contributed by atoms with Gasteiger partial charge in [-0.3, -0.25) is 0 Å². The Balaban J connectivity index is 2.05. The largest absolute Gasteiger partial charge is 0.0988 e. The molecule has 0 heterocycles. The van der Waals surface area contributed by atoms with Crippen LogP contribution >= 0.6 is 0 Å². The van der Waals surface area contributed by atoms with Crippen molar-refractivity contribution in [3.8, 4) is 0 Å². The van der Waals surface area contributed by atoms with Gasteiger partial charge in [0, 0.05) is 0 Å². The highest BCUT2D eigenvalue weighted by Gasteiger charge is 2.05. The zero-order chi connectivity index (χ0) is 12.8. The second kappa shape index (κ2) is 6.02. The number of hydrogen-bond donors (Lipinski definition) is 0. The van der Waals surface area contributed by atoms with Crippen molar-refractivity contribution in [2.45, 2.75) is 12.8 Å². The molecule has 90 valence electrons. The molecule has 0 atom stereocenters. The topological polar surface area (TPSA) is 0 Å². The maximum atomic E-state index is 4.13. The van der Waals surface area contributed by atoms with Crippen LogP contribution in [0.5, 0.6) is 0 Å². The minimum absolute atomic E-state index is 1.05. The molecular formula is C18H18. The molecule has 0 fully saturated rings. The van der Waals surface area contributed by atoms with Crippen molar-refractivity contribution in [3.05, 3.63) is 90.1 Å². The fourth-order valence-corrected chi connectivity index (χ4v) is 1.96. The number of benzene rings is 1. The van der Waals surface area contributed by atoms with Gasteiger partial charge in [-0.05, 0) is 35.1 Å². The van der Waals surface area contributed by atoms with Crippen molar-refractivity contribution in [1.29, 1.82) is 0 Å². The van der Waals surface area contributed by atoms with Gasteiger partial charge in [0.05, 0.1) is 0 Å². The summed E-state index contributed by atoms with van der Waals surface area (Å²) in [6.07, 6.45) is 12.5. The van der Waals surface area contributed by atoms with E-state index >= 15 is 0 Å². The summed E-state index contributed by atoms with van der Waals surface area (Å²) in [5, 5.41) is 0. The third-order valence-corrected chi connectivity index (χ3v) is 3.13. The minimum atomic E-state index is 1.05. The van der Waals surface area contributed by atoms with E-state index < -0.39 is 0 Å². The van der Waals surface area contributed by atoms with Gasteiger partial charge in [-0.15, -0.1) is 0 Å². The van der Waals surface area contributed by atoms with Gasteiger partial charge in [0.2, 0.25) is 0 Å². The van der Waals surface area contributed by atoms with E-state index in [1.807, 2.05) is 24.3 Å². The standard InChI is InChI=1S/C18H18/c1-3-16-11-13-18(14-12-16)15(2)9-10-17-7-5-4-6-8-17/h3-11,13H,1-2,12,14H2/b10-9+. The molecule has 1 aliphatic rings. The Morgan fingerprint density at radius 1 is 1.06 bits per heavy atom. The van der Waals surface area contributed by atoms with Gasteiger partial charge in [-0.1, -0.05) is 73.9 Å². The monoisotopic (exact) mass is 234 g/mol. The Morgan fingerprint density at radius 2 is 1.83 bits per heavy atom. The lowest BCUT2D eigenvalue weighted by Crippen LogP contribution is -1.93. The average molecular weight is 234 g/mol. The first-order valence-corrected chi connectivity index (χ1v) is 6.24. The Hall–Kier alpha value is -2.08. The number of allylic oxidation sites excluding steroid dienone is 7. The van der Waals surface area contributed by atoms with Gasteiger partial charge >= 0.3 is 0 Å². The molecule has 0 bridgehead atoms. The lowest BCUT2D eigenvalue weighted by Gasteiger charge is -2.12. The van der Waals surface area contributed by atoms with E-state index in [-0.39, 0.29) is 0 Å². The molecule has 0 heteroatoms. The van der Waals surface area contributed by atoms with Crippen LogP contribution in [0.3, 0.4) is 0 Å². The van der Waals surface area contributed by atoms with Gasteiger partial charge < -0.3 is 0 Å². The lowest BCUT2D eigenvalue weighted by atomic mass is 9.93. The molecule has 1 aromatic rings. The SMILES string of the molecule is C=CC1=CC=C(C(=C)/C=C/c2ccccc2)CC1. The van der Waals surface area contributed by atoms with Crippen LogP contribution in [0.2, 0.25) is 0 Å². The molecule has 0 N–H and O–H groups in total. The minimum Gasteiger partial charge on any atom is -0.0988 e. The molecule has 18 heavy (non-hydrogen) atoms. The van der Waals surface area contributed by atoms with Crippen molar-refractivity contribution < 1.29 is 0 Å². The van der Waals surface area contributed by atoms with Crippen molar-refractivity contribution in [3.63, 3.8) is 0 Å². The molecule has 0 saturated heterocycles. The zero-order valence-electron chi connectivity index (χ0n) is 10.6. The first kappa shape index (κ1) is 12.4. The van der Waals surface area contributed by atoms with Gasteiger partial charge in [-0.2, -0.15) is 0 Å². The van der Waals surface area contributed by atoms with E-state index in [0.29, 0.717) is 0 Å². The summed E-state index contributed by atoms with van der Waals surface area (Å²) in [7, 11) is 0. The van der Waals surface area contributed by atoms with E-state index in [9.17, 15) is 0 Å². The normalized spacial score (nSPS) is 15.1. The van der Waals surface area contributed by atoms with Crippen LogP contribution in [0.25, 0.3) is 6.08 Å². The van der Waals surface area contributed by atoms with Crippen LogP contribution in [-0.2, 0) is 0 Å². The Labute approximate surface area is 109 Å². The van der Waals surface area contributed by atoms with Crippen molar-refractivity contribution >= 4 is 6.08 Å². The molecule has 1 aliphatic carbocycles. The fraction of sp³-hybridized carbons (Fsp3) is 0.111. The smallest absolute Gasteiger partial charge is 0.0233 e. The summed E-state index contributed by atoms with van der Waals surface area (Å²) in [5.74, 6) is 0. The number of hydrogen-bond acceptors (Lipinski definition) is 0. The molecular weight excluding hydrogens is 216 g/mol. The van der Waals surface area contributed by atoms with Crippen molar-refractivity contribution in [1.82, 2.24) is 0 Å². The molecule has 0 spiro atoms. The van der Waals surface area contributed by atoms with Crippen LogP contribution in [0.1, 0.15) is 18.4 Å². The van der Waals surface area contributed by atoms with Crippen LogP contribution in [-0.4, -0.2) is 0 Å². The van der Waals surface area contributed by atoms with Crippen molar-refractivity contribution in [2.75, 3.05) is 0 Å². The zero-order valence-corrected chi connectivity index (χ0v) is 10.6. The second-order valence-electron chi connectivity index (χ2n) is 4.41. The van der Waals surface area contributed by atoms with E-state index in [2.05, 4.69) is 49.6 Å². The Kier molecular flexibility index (Phi) is 4.14. The summed E-state index contributed by atoms with van der Waals surface area (Å²) in [5.41, 5.74) is 4.92. The van der Waals surface area contributed by atoms with E-state index in [0.717, 1.165) is 18.4 Å². The first-order chi connectivity index (χ1) is 8.79. The predicted molar refractivity (Wildman–Crippen MR) is 80.2 cm³/mol. The molecule has 0 aromatic heterocycles. The average Bonchev–Trinajstić information content (AvgIpc) is 2.46. The van der Waals surface area contributed by atoms with Gasteiger partial charge in [0.15, 0.2) is 0 Å². The fourth-order valence-electron chi connectivity index (χ4n) is 1.96. The maximum Gasteiger partial charge on any atom is -0.0233 e. The van der Waals surface area contributed by atoms with Crippen LogP contribution < -0.4 is 0 Å². The molecule has 0 unspecified atom stereocenters. The third kappa shape index (κ3) is 3.21. The molecule has 0 nitrogen and oxygen atoms in total. The molecule has 0 radical (unpaired) electrons. The Morgan fingerprint density at radius 3 is 2.44 bits per heavy atom. The summed E-state index contributed by atoms with van der Waals surface area (Å²) in [6, 6.07) is 10.3. The lowest BCUT2D eigenvalue weighted by molar-refractivity contribution is 0.944. The molecule has 0 saturated carbocycles. The maximum absolute atomic E-state index is 4.13. The molecule has 0 amide bonds. The highest BCUT2D eigenvalue weighted by Crippen LogP contribution is 2.24. The summed E-state index contributed by atoms with van der Waals surface area (Å²) >= 11 is 0. The molecule has 2 rings (SSSR count). The first-order valence-electron chi connectivity index (χ1n) is 6.24. The van der Waals surface area contributed by atoms with Gasteiger partial charge in [0.1, 0.15) is 0 Å². The highest BCUT2D eigenvalue weighted by molar-refractivity contribution is 5.56. The van der Waals surface area contributed by atoms with E-state index in [4.69, 9.17) is 0 Å². The third-order valence-electron chi connectivity index (χ3n) is 3.13. The van der Waals surface area contributed by atoms with Gasteiger partial charge in [-0.25, -0.2) is 0 Å². The molecule has 0 aliphatic heterocycles. The van der Waals surface area contributed by atoms with Crippen LogP contribution in [0.15, 0.2) is 84.5 Å². The van der Waals surface area contributed by atoms with Crippen molar-refractivity contribution in [2.24, 2.45) is 0 Å². The summed E-state index contributed by atoms with van der Waals surface area (Å²) in [4.78, 5) is 0.